The molecule has 5 rings (SSSR count). The maximum atomic E-state index is 13.4. The van der Waals surface area contributed by atoms with E-state index in [4.69, 9.17) is 0 Å². The summed E-state index contributed by atoms with van der Waals surface area (Å²) in [5.74, 6) is 0.330. The molecule has 0 saturated carbocycles. The third kappa shape index (κ3) is 4.40. The minimum Gasteiger partial charge on any atom is -0.325 e. The normalized spacial score (nSPS) is 12.2. The molecule has 1 unspecified atom stereocenters. The number of nitrogens with one attached hydrogen (secondary N) is 1. The monoisotopic (exact) mass is 497 g/mol. The lowest BCUT2D eigenvalue weighted by Gasteiger charge is -2.16. The van der Waals surface area contributed by atoms with Crippen molar-refractivity contribution < 1.29 is 4.79 Å². The quantitative estimate of drug-likeness (QED) is 0.329. The minimum atomic E-state index is -0.439. The van der Waals surface area contributed by atoms with E-state index in [1.54, 1.807) is 4.57 Å². The fourth-order valence-electron chi connectivity index (χ4n) is 4.53. The summed E-state index contributed by atoms with van der Waals surface area (Å²) in [4.78, 5) is 26.5. The van der Waals surface area contributed by atoms with E-state index in [0.29, 0.717) is 28.4 Å². The van der Waals surface area contributed by atoms with Crippen molar-refractivity contribution in [3.8, 4) is 0 Å². The van der Waals surface area contributed by atoms with Crippen molar-refractivity contribution in [3.63, 3.8) is 0 Å². The molecule has 8 heteroatoms. The summed E-state index contributed by atoms with van der Waals surface area (Å²) in [5, 5.41) is 12.6. The molecular weight excluding hydrogens is 470 g/mol. The molecular formula is C28H27N5O2S. The van der Waals surface area contributed by atoms with E-state index in [1.165, 1.54) is 11.8 Å². The van der Waals surface area contributed by atoms with Crippen LogP contribution in [0.1, 0.15) is 29.2 Å². The van der Waals surface area contributed by atoms with Crippen LogP contribution in [0.2, 0.25) is 0 Å². The van der Waals surface area contributed by atoms with Gasteiger partial charge >= 0.3 is 0 Å². The highest BCUT2D eigenvalue weighted by Crippen LogP contribution is 2.28. The molecule has 0 aliphatic rings. The number of carbonyl (C=O) groups excluding carboxylic acids is 1. The summed E-state index contributed by atoms with van der Waals surface area (Å²) in [7, 11) is 0. The predicted molar refractivity (Wildman–Crippen MR) is 145 cm³/mol. The number of benzene rings is 3. The second-order valence-corrected chi connectivity index (χ2v) is 10.3. The molecule has 0 aliphatic carbocycles. The summed E-state index contributed by atoms with van der Waals surface area (Å²) in [6, 6.07) is 21.3. The van der Waals surface area contributed by atoms with E-state index in [2.05, 4.69) is 27.6 Å². The van der Waals surface area contributed by atoms with E-state index >= 15 is 0 Å². The molecule has 1 amide bonds. The second-order valence-electron chi connectivity index (χ2n) is 9.04. The Morgan fingerprint density at radius 3 is 2.36 bits per heavy atom. The number of rotatable bonds is 6. The van der Waals surface area contributed by atoms with E-state index < -0.39 is 5.25 Å². The highest BCUT2D eigenvalue weighted by Gasteiger charge is 2.22. The van der Waals surface area contributed by atoms with Crippen molar-refractivity contribution in [1.82, 2.24) is 19.2 Å². The fourth-order valence-corrected chi connectivity index (χ4v) is 5.39. The number of hydrogen-bond acceptors (Lipinski definition) is 5. The summed E-state index contributed by atoms with van der Waals surface area (Å²) >= 11 is 1.32. The van der Waals surface area contributed by atoms with Gasteiger partial charge in [0.2, 0.25) is 11.7 Å². The summed E-state index contributed by atoms with van der Waals surface area (Å²) in [6.07, 6.45) is 0. The first-order chi connectivity index (χ1) is 17.3. The Balaban J connectivity index is 1.52. The molecule has 182 valence electrons. The van der Waals surface area contributed by atoms with Crippen molar-refractivity contribution >= 4 is 40.0 Å². The third-order valence-electron chi connectivity index (χ3n) is 6.24. The van der Waals surface area contributed by atoms with Crippen molar-refractivity contribution in [3.05, 3.63) is 99.3 Å². The van der Waals surface area contributed by atoms with Crippen LogP contribution < -0.4 is 10.9 Å². The van der Waals surface area contributed by atoms with E-state index in [-0.39, 0.29) is 11.5 Å². The summed E-state index contributed by atoms with van der Waals surface area (Å²) in [5.41, 5.74) is 5.64. The number of aryl methyl sites for hydroxylation is 3. The van der Waals surface area contributed by atoms with E-state index in [9.17, 15) is 9.59 Å². The number of para-hydroxylation sites is 1. The molecule has 7 nitrogen and oxygen atoms in total. The van der Waals surface area contributed by atoms with Crippen LogP contribution in [-0.4, -0.2) is 30.3 Å². The Hall–Kier alpha value is -3.91. The van der Waals surface area contributed by atoms with Crippen LogP contribution in [0.15, 0.2) is 76.7 Å². The van der Waals surface area contributed by atoms with Crippen LogP contribution in [0, 0.1) is 20.8 Å². The smallest absolute Gasteiger partial charge is 0.263 e. The largest absolute Gasteiger partial charge is 0.325 e. The molecule has 5 aromatic rings. The molecule has 36 heavy (non-hydrogen) atoms. The van der Waals surface area contributed by atoms with Crippen molar-refractivity contribution in [2.45, 2.75) is 44.6 Å². The molecule has 3 aromatic carbocycles. The standard InChI is InChI=1S/C28H27N5O2S/c1-17-14-18(2)24(19(3)15-17)29-25(34)20(4)36-28-31-30-27-32(16-21-10-6-5-7-11-21)26(35)22-12-8-9-13-23(22)33(27)28/h5-15,20H,16H2,1-4H3,(H,29,34). The zero-order valence-electron chi connectivity index (χ0n) is 20.6. The maximum absolute atomic E-state index is 13.4. The Morgan fingerprint density at radius 1 is 0.972 bits per heavy atom. The Kier molecular flexibility index (Phi) is 6.36. The van der Waals surface area contributed by atoms with Crippen molar-refractivity contribution in [2.75, 3.05) is 5.32 Å². The van der Waals surface area contributed by atoms with Crippen LogP contribution in [0.5, 0.6) is 0 Å². The van der Waals surface area contributed by atoms with Crippen LogP contribution in [0.3, 0.4) is 0 Å². The zero-order valence-corrected chi connectivity index (χ0v) is 21.5. The molecule has 2 aromatic heterocycles. The second kappa shape index (κ2) is 9.62. The SMILES string of the molecule is Cc1cc(C)c(NC(=O)C(C)Sc2nnc3n(Cc4ccccc4)c(=O)c4ccccc4n23)c(C)c1. The van der Waals surface area contributed by atoms with Gasteiger partial charge in [0, 0.05) is 5.69 Å². The third-order valence-corrected chi connectivity index (χ3v) is 7.28. The number of carbonyl (C=O) groups is 1. The first-order valence-corrected chi connectivity index (χ1v) is 12.7. The van der Waals surface area contributed by atoms with Gasteiger partial charge in [0.1, 0.15) is 0 Å². The highest BCUT2D eigenvalue weighted by molar-refractivity contribution is 8.00. The highest BCUT2D eigenvalue weighted by atomic mass is 32.2. The number of thioether (sulfide) groups is 1. The summed E-state index contributed by atoms with van der Waals surface area (Å²) < 4.78 is 3.51. The number of nitrogens with zero attached hydrogens (tertiary/aromatic N) is 4. The van der Waals surface area contributed by atoms with Crippen LogP contribution >= 0.6 is 11.8 Å². The number of aromatic nitrogens is 4. The van der Waals surface area contributed by atoms with Crippen LogP contribution in [0.4, 0.5) is 5.69 Å². The van der Waals surface area contributed by atoms with Gasteiger partial charge in [-0.15, -0.1) is 10.2 Å². The topological polar surface area (TPSA) is 81.3 Å². The molecule has 0 bridgehead atoms. The van der Waals surface area contributed by atoms with E-state index in [1.807, 2.05) is 86.7 Å². The average molecular weight is 498 g/mol. The fraction of sp³-hybridized carbons (Fsp3) is 0.214. The number of anilines is 1. The van der Waals surface area contributed by atoms with Gasteiger partial charge in [0.25, 0.3) is 5.56 Å². The lowest BCUT2D eigenvalue weighted by atomic mass is 10.1. The molecule has 2 heterocycles. The van der Waals surface area contributed by atoms with Crippen LogP contribution in [0.25, 0.3) is 16.7 Å². The molecule has 0 fully saturated rings. The first-order valence-electron chi connectivity index (χ1n) is 11.8. The van der Waals surface area contributed by atoms with Gasteiger partial charge in [-0.3, -0.25) is 18.6 Å². The molecule has 1 N–H and O–H groups in total. The molecule has 0 aliphatic heterocycles. The first kappa shape index (κ1) is 23.8. The average Bonchev–Trinajstić information content (AvgIpc) is 3.28. The van der Waals surface area contributed by atoms with Gasteiger partial charge < -0.3 is 5.32 Å². The van der Waals surface area contributed by atoms with Gasteiger partial charge in [-0.2, -0.15) is 0 Å². The van der Waals surface area contributed by atoms with Gasteiger partial charge in [0.05, 0.1) is 22.7 Å². The Bertz CT molecular complexity index is 1630. The molecule has 0 radical (unpaired) electrons. The van der Waals surface area contributed by atoms with Crippen molar-refractivity contribution in [1.29, 1.82) is 0 Å². The number of hydrogen-bond donors (Lipinski definition) is 1. The predicted octanol–water partition coefficient (Wildman–Crippen LogP) is 5.14. The number of fused-ring (bicyclic) bond motifs is 3. The van der Waals surface area contributed by atoms with Gasteiger partial charge in [-0.25, -0.2) is 0 Å². The summed E-state index contributed by atoms with van der Waals surface area (Å²) in [6.45, 7) is 8.26. The molecule has 0 saturated heterocycles. The zero-order chi connectivity index (χ0) is 25.4. The van der Waals surface area contributed by atoms with E-state index in [0.717, 1.165) is 27.9 Å². The lowest BCUT2D eigenvalue weighted by molar-refractivity contribution is -0.115. The Labute approximate surface area is 213 Å². The molecule has 0 spiro atoms. The maximum Gasteiger partial charge on any atom is 0.263 e. The van der Waals surface area contributed by atoms with Crippen LogP contribution in [-0.2, 0) is 11.3 Å². The van der Waals surface area contributed by atoms with Gasteiger partial charge in [-0.05, 0) is 56.5 Å². The minimum absolute atomic E-state index is 0.117. The Morgan fingerprint density at radius 2 is 1.64 bits per heavy atom. The lowest BCUT2D eigenvalue weighted by Crippen LogP contribution is -2.25. The number of amides is 1. The van der Waals surface area contributed by atoms with Crippen molar-refractivity contribution in [2.24, 2.45) is 0 Å². The van der Waals surface area contributed by atoms with Gasteiger partial charge in [0.15, 0.2) is 5.16 Å². The molecule has 1 atom stereocenters. The van der Waals surface area contributed by atoms with Gasteiger partial charge in [-0.1, -0.05) is 71.9 Å².